The Balaban J connectivity index is 2.45. The lowest BCUT2D eigenvalue weighted by Gasteiger charge is -2.21. The van der Waals surface area contributed by atoms with E-state index in [1.807, 2.05) is 37.3 Å². The van der Waals surface area contributed by atoms with Crippen LogP contribution in [0.4, 0.5) is 0 Å². The summed E-state index contributed by atoms with van der Waals surface area (Å²) in [5.74, 6) is -3.06. The maximum absolute atomic E-state index is 12.2. The van der Waals surface area contributed by atoms with Crippen molar-refractivity contribution in [3.05, 3.63) is 35.9 Å². The SMILES string of the molecule is CCC(C)C(NC(=O)CNC(=O)C(C)NC(=O)C(N)Cc1ccccc1)C(=O)O. The second-order valence-corrected chi connectivity index (χ2v) is 7.01. The summed E-state index contributed by atoms with van der Waals surface area (Å²) in [4.78, 5) is 47.5. The zero-order valence-corrected chi connectivity index (χ0v) is 17.0. The predicted molar refractivity (Wildman–Crippen MR) is 108 cm³/mol. The third-order valence-electron chi connectivity index (χ3n) is 4.61. The van der Waals surface area contributed by atoms with Gasteiger partial charge in [-0.05, 0) is 24.8 Å². The molecule has 6 N–H and O–H groups in total. The number of aliphatic carboxylic acids is 1. The van der Waals surface area contributed by atoms with Gasteiger partial charge in [0, 0.05) is 0 Å². The monoisotopic (exact) mass is 406 g/mol. The summed E-state index contributed by atoms with van der Waals surface area (Å²) in [7, 11) is 0. The fourth-order valence-corrected chi connectivity index (χ4v) is 2.57. The number of hydrogen-bond donors (Lipinski definition) is 5. The van der Waals surface area contributed by atoms with Crippen LogP contribution in [-0.4, -0.2) is 53.5 Å². The van der Waals surface area contributed by atoms with Crippen LogP contribution in [0.2, 0.25) is 0 Å². The molecule has 0 radical (unpaired) electrons. The van der Waals surface area contributed by atoms with Crippen molar-refractivity contribution in [2.75, 3.05) is 6.54 Å². The molecular weight excluding hydrogens is 376 g/mol. The topological polar surface area (TPSA) is 151 Å². The highest BCUT2D eigenvalue weighted by molar-refractivity contribution is 5.92. The van der Waals surface area contributed by atoms with Crippen LogP contribution in [0.25, 0.3) is 0 Å². The molecule has 4 atom stereocenters. The second kappa shape index (κ2) is 11.8. The highest BCUT2D eigenvalue weighted by Crippen LogP contribution is 2.07. The number of nitrogens with one attached hydrogen (secondary N) is 3. The van der Waals surface area contributed by atoms with E-state index >= 15 is 0 Å². The van der Waals surface area contributed by atoms with E-state index in [4.69, 9.17) is 5.73 Å². The fraction of sp³-hybridized carbons (Fsp3) is 0.500. The first kappa shape index (κ1) is 24.1. The average molecular weight is 406 g/mol. The van der Waals surface area contributed by atoms with Crippen molar-refractivity contribution in [3.63, 3.8) is 0 Å². The van der Waals surface area contributed by atoms with Gasteiger partial charge in [0.2, 0.25) is 17.7 Å². The lowest BCUT2D eigenvalue weighted by molar-refractivity contribution is -0.143. The Morgan fingerprint density at radius 2 is 1.66 bits per heavy atom. The first-order chi connectivity index (χ1) is 13.6. The molecular formula is C20H30N4O5. The molecule has 9 nitrogen and oxygen atoms in total. The van der Waals surface area contributed by atoms with E-state index in [9.17, 15) is 24.3 Å². The van der Waals surface area contributed by atoms with Gasteiger partial charge in [0.05, 0.1) is 12.6 Å². The summed E-state index contributed by atoms with van der Waals surface area (Å²) in [5.41, 5.74) is 6.78. The number of carboxylic acid groups (broad SMARTS) is 1. The highest BCUT2D eigenvalue weighted by atomic mass is 16.4. The largest absolute Gasteiger partial charge is 0.480 e. The molecule has 0 spiro atoms. The summed E-state index contributed by atoms with van der Waals surface area (Å²) in [6.45, 7) is 4.62. The molecule has 1 aromatic rings. The number of nitrogens with two attached hydrogens (primary N) is 1. The van der Waals surface area contributed by atoms with Crippen molar-refractivity contribution >= 4 is 23.7 Å². The molecule has 0 saturated heterocycles. The molecule has 0 heterocycles. The molecule has 3 amide bonds. The van der Waals surface area contributed by atoms with E-state index in [-0.39, 0.29) is 5.92 Å². The number of benzene rings is 1. The zero-order chi connectivity index (χ0) is 22.0. The number of carbonyl (C=O) groups excluding carboxylic acids is 3. The lowest BCUT2D eigenvalue weighted by Crippen LogP contribution is -2.53. The first-order valence-corrected chi connectivity index (χ1v) is 9.55. The summed E-state index contributed by atoms with van der Waals surface area (Å²) in [6.07, 6.45) is 0.908. The standard InChI is InChI=1S/C20H30N4O5/c1-4-12(2)17(20(28)29)24-16(25)11-22-18(26)13(3)23-19(27)15(21)10-14-8-6-5-7-9-14/h5-9,12-13,15,17H,4,10-11,21H2,1-3H3,(H,22,26)(H,23,27)(H,24,25)(H,28,29). The maximum Gasteiger partial charge on any atom is 0.326 e. The Hall–Kier alpha value is -2.94. The molecule has 0 saturated carbocycles. The molecule has 29 heavy (non-hydrogen) atoms. The van der Waals surface area contributed by atoms with E-state index < -0.39 is 48.4 Å². The number of carbonyl (C=O) groups is 4. The summed E-state index contributed by atoms with van der Waals surface area (Å²) < 4.78 is 0. The lowest BCUT2D eigenvalue weighted by atomic mass is 9.99. The molecule has 1 aromatic carbocycles. The maximum atomic E-state index is 12.2. The molecule has 0 aliphatic heterocycles. The Kier molecular flexibility index (Phi) is 9.81. The van der Waals surface area contributed by atoms with Gasteiger partial charge < -0.3 is 26.8 Å². The number of carboxylic acids is 1. The molecule has 0 bridgehead atoms. The van der Waals surface area contributed by atoms with Crippen LogP contribution in [0.3, 0.4) is 0 Å². The van der Waals surface area contributed by atoms with Crippen LogP contribution in [0, 0.1) is 5.92 Å². The quantitative estimate of drug-likeness (QED) is 0.343. The molecule has 9 heteroatoms. The summed E-state index contributed by atoms with van der Waals surface area (Å²) in [6, 6.07) is 6.51. The van der Waals surface area contributed by atoms with Crippen LogP contribution < -0.4 is 21.7 Å². The molecule has 0 aliphatic carbocycles. The average Bonchev–Trinajstić information content (AvgIpc) is 2.69. The third-order valence-corrected chi connectivity index (χ3v) is 4.61. The van der Waals surface area contributed by atoms with Gasteiger partial charge in [-0.3, -0.25) is 14.4 Å². The third kappa shape index (κ3) is 8.30. The molecule has 1 rings (SSSR count). The van der Waals surface area contributed by atoms with Gasteiger partial charge >= 0.3 is 5.97 Å². The summed E-state index contributed by atoms with van der Waals surface area (Å²) >= 11 is 0. The van der Waals surface area contributed by atoms with E-state index in [0.29, 0.717) is 12.8 Å². The van der Waals surface area contributed by atoms with E-state index in [0.717, 1.165) is 5.56 Å². The van der Waals surface area contributed by atoms with Crippen LogP contribution in [-0.2, 0) is 25.6 Å². The highest BCUT2D eigenvalue weighted by Gasteiger charge is 2.26. The minimum absolute atomic E-state index is 0.253. The van der Waals surface area contributed by atoms with Crippen LogP contribution in [0.1, 0.15) is 32.8 Å². The van der Waals surface area contributed by atoms with Crippen molar-refractivity contribution in [2.45, 2.75) is 51.7 Å². The minimum Gasteiger partial charge on any atom is -0.480 e. The number of amides is 3. The molecule has 0 aliphatic rings. The molecule has 160 valence electrons. The van der Waals surface area contributed by atoms with Crippen LogP contribution >= 0.6 is 0 Å². The van der Waals surface area contributed by atoms with Gasteiger partial charge in [-0.1, -0.05) is 50.6 Å². The van der Waals surface area contributed by atoms with Crippen molar-refractivity contribution in [2.24, 2.45) is 11.7 Å². The van der Waals surface area contributed by atoms with Gasteiger partial charge in [0.15, 0.2) is 0 Å². The number of rotatable bonds is 11. The van der Waals surface area contributed by atoms with E-state index in [1.165, 1.54) is 6.92 Å². The number of hydrogen-bond acceptors (Lipinski definition) is 5. The normalized spacial score (nSPS) is 14.8. The molecule has 0 fully saturated rings. The van der Waals surface area contributed by atoms with Gasteiger partial charge in [0.25, 0.3) is 0 Å². The van der Waals surface area contributed by atoms with E-state index in [2.05, 4.69) is 16.0 Å². The minimum atomic E-state index is -1.13. The fourth-order valence-electron chi connectivity index (χ4n) is 2.57. The molecule has 4 unspecified atom stereocenters. The Bertz CT molecular complexity index is 710. The first-order valence-electron chi connectivity index (χ1n) is 9.55. The second-order valence-electron chi connectivity index (χ2n) is 7.01. The Morgan fingerprint density at radius 3 is 2.21 bits per heavy atom. The summed E-state index contributed by atoms with van der Waals surface area (Å²) in [5, 5.41) is 16.5. The van der Waals surface area contributed by atoms with Gasteiger partial charge in [-0.2, -0.15) is 0 Å². The Morgan fingerprint density at radius 1 is 1.03 bits per heavy atom. The van der Waals surface area contributed by atoms with Crippen molar-refractivity contribution in [1.82, 2.24) is 16.0 Å². The van der Waals surface area contributed by atoms with Gasteiger partial charge in [-0.25, -0.2) is 4.79 Å². The van der Waals surface area contributed by atoms with Crippen LogP contribution in [0.15, 0.2) is 30.3 Å². The molecule has 0 aromatic heterocycles. The van der Waals surface area contributed by atoms with Gasteiger partial charge in [-0.15, -0.1) is 0 Å². The van der Waals surface area contributed by atoms with Crippen LogP contribution in [0.5, 0.6) is 0 Å². The van der Waals surface area contributed by atoms with Crippen molar-refractivity contribution in [1.29, 1.82) is 0 Å². The van der Waals surface area contributed by atoms with E-state index in [1.54, 1.807) is 6.92 Å². The zero-order valence-electron chi connectivity index (χ0n) is 17.0. The van der Waals surface area contributed by atoms with Crippen molar-refractivity contribution < 1.29 is 24.3 Å². The predicted octanol–water partition coefficient (Wildman–Crippen LogP) is -0.207. The Labute approximate surface area is 170 Å². The van der Waals surface area contributed by atoms with Crippen molar-refractivity contribution in [3.8, 4) is 0 Å². The smallest absolute Gasteiger partial charge is 0.326 e. The van der Waals surface area contributed by atoms with Gasteiger partial charge in [0.1, 0.15) is 12.1 Å².